The lowest BCUT2D eigenvalue weighted by Crippen LogP contribution is -2.29. The summed E-state index contributed by atoms with van der Waals surface area (Å²) in [5.41, 5.74) is 0.622. The third kappa shape index (κ3) is 2.43. The fraction of sp³-hybridized carbons (Fsp3) is 0.538. The summed E-state index contributed by atoms with van der Waals surface area (Å²) < 4.78 is 26.4. The third-order valence-corrected chi connectivity index (χ3v) is 5.50. The van der Waals surface area contributed by atoms with E-state index in [-0.39, 0.29) is 11.5 Å². The second kappa shape index (κ2) is 4.99. The molecular weight excluding hydrogens is 250 g/mol. The Morgan fingerprint density at radius 3 is 2.44 bits per heavy atom. The topological polar surface area (TPSA) is 57.6 Å². The summed E-state index contributed by atoms with van der Waals surface area (Å²) in [7, 11) is -3.41. The van der Waals surface area contributed by atoms with Crippen LogP contribution in [0, 0.1) is 11.8 Å². The normalized spacial score (nSPS) is 25.5. The van der Waals surface area contributed by atoms with E-state index in [1.54, 1.807) is 28.6 Å². The summed E-state index contributed by atoms with van der Waals surface area (Å²) in [6.07, 6.45) is 0. The first-order chi connectivity index (χ1) is 8.45. The van der Waals surface area contributed by atoms with Gasteiger partial charge in [0.15, 0.2) is 0 Å². The monoisotopic (exact) mass is 269 g/mol. The van der Waals surface area contributed by atoms with Gasteiger partial charge in [0.1, 0.15) is 0 Å². The van der Waals surface area contributed by atoms with Crippen molar-refractivity contribution < 1.29 is 13.5 Å². The minimum absolute atomic E-state index is 0.143. The highest BCUT2D eigenvalue weighted by Crippen LogP contribution is 2.28. The zero-order valence-electron chi connectivity index (χ0n) is 10.7. The molecule has 4 nitrogen and oxygen atoms in total. The van der Waals surface area contributed by atoms with Crippen molar-refractivity contribution in [3.05, 3.63) is 29.8 Å². The number of hydrogen-bond acceptors (Lipinski definition) is 3. The molecule has 1 saturated heterocycles. The van der Waals surface area contributed by atoms with E-state index in [0.717, 1.165) is 0 Å². The molecule has 2 unspecified atom stereocenters. The van der Waals surface area contributed by atoms with Gasteiger partial charge < -0.3 is 5.11 Å². The molecule has 0 amide bonds. The van der Waals surface area contributed by atoms with Crippen LogP contribution in [0.5, 0.6) is 0 Å². The van der Waals surface area contributed by atoms with Gasteiger partial charge in [-0.25, -0.2) is 8.42 Å². The Bertz CT molecular complexity index is 517. The van der Waals surface area contributed by atoms with Gasteiger partial charge in [0.05, 0.1) is 11.5 Å². The van der Waals surface area contributed by atoms with E-state index < -0.39 is 10.0 Å². The molecule has 1 aromatic rings. The lowest BCUT2D eigenvalue weighted by atomic mass is 10.0. The van der Waals surface area contributed by atoms with E-state index in [2.05, 4.69) is 13.8 Å². The minimum Gasteiger partial charge on any atom is -0.392 e. The number of nitrogens with zero attached hydrogens (tertiary/aromatic N) is 1. The maximum Gasteiger partial charge on any atom is 0.243 e. The first-order valence-electron chi connectivity index (χ1n) is 6.15. The molecule has 0 aromatic heterocycles. The van der Waals surface area contributed by atoms with Gasteiger partial charge in [-0.15, -0.1) is 0 Å². The molecule has 1 heterocycles. The zero-order chi connectivity index (χ0) is 13.3. The van der Waals surface area contributed by atoms with Crippen LogP contribution in [0.15, 0.2) is 29.2 Å². The van der Waals surface area contributed by atoms with Gasteiger partial charge in [0.25, 0.3) is 0 Å². The van der Waals surface area contributed by atoms with E-state index >= 15 is 0 Å². The average Bonchev–Trinajstić information content (AvgIpc) is 2.70. The van der Waals surface area contributed by atoms with Crippen LogP contribution in [0.25, 0.3) is 0 Å². The van der Waals surface area contributed by atoms with Crippen molar-refractivity contribution in [1.29, 1.82) is 0 Å². The van der Waals surface area contributed by atoms with E-state index in [9.17, 15) is 8.42 Å². The molecular formula is C13H19NO3S. The van der Waals surface area contributed by atoms with Crippen molar-refractivity contribution >= 4 is 10.0 Å². The van der Waals surface area contributed by atoms with Gasteiger partial charge in [0.2, 0.25) is 10.0 Å². The smallest absolute Gasteiger partial charge is 0.243 e. The highest BCUT2D eigenvalue weighted by atomic mass is 32.2. The molecule has 0 saturated carbocycles. The van der Waals surface area contributed by atoms with Crippen molar-refractivity contribution in [3.8, 4) is 0 Å². The Kier molecular flexibility index (Phi) is 3.75. The quantitative estimate of drug-likeness (QED) is 0.903. The van der Waals surface area contributed by atoms with Crippen LogP contribution in [-0.4, -0.2) is 30.9 Å². The standard InChI is InChI=1S/C13H19NO3S/c1-10-7-14(8-11(10)2)18(16,17)13-5-3-4-12(6-13)9-15/h3-6,10-11,15H,7-9H2,1-2H3. The van der Waals surface area contributed by atoms with Gasteiger partial charge in [-0.3, -0.25) is 0 Å². The van der Waals surface area contributed by atoms with Crippen molar-refractivity contribution in [1.82, 2.24) is 4.31 Å². The lowest BCUT2D eigenvalue weighted by molar-refractivity contribution is 0.281. The number of sulfonamides is 1. The number of aliphatic hydroxyl groups is 1. The summed E-state index contributed by atoms with van der Waals surface area (Å²) in [5.74, 6) is 0.779. The second-order valence-corrected chi connectivity index (χ2v) is 7.02. The molecule has 5 heteroatoms. The van der Waals surface area contributed by atoms with Crippen LogP contribution in [0.4, 0.5) is 0 Å². The second-order valence-electron chi connectivity index (χ2n) is 5.08. The number of rotatable bonds is 3. The zero-order valence-corrected chi connectivity index (χ0v) is 11.5. The van der Waals surface area contributed by atoms with E-state index in [4.69, 9.17) is 5.11 Å². The van der Waals surface area contributed by atoms with Crippen molar-refractivity contribution in [2.75, 3.05) is 13.1 Å². The van der Waals surface area contributed by atoms with Crippen LogP contribution in [-0.2, 0) is 16.6 Å². The summed E-state index contributed by atoms with van der Waals surface area (Å²) in [4.78, 5) is 0.273. The summed E-state index contributed by atoms with van der Waals surface area (Å²) >= 11 is 0. The predicted molar refractivity (Wildman–Crippen MR) is 69.5 cm³/mol. The van der Waals surface area contributed by atoms with Crippen molar-refractivity contribution in [2.24, 2.45) is 11.8 Å². The summed E-state index contributed by atoms with van der Waals surface area (Å²) in [6.45, 7) is 5.16. The number of hydrogen-bond donors (Lipinski definition) is 1. The Labute approximate surface area is 108 Å². The van der Waals surface area contributed by atoms with Crippen molar-refractivity contribution in [2.45, 2.75) is 25.3 Å². The molecule has 1 N–H and O–H groups in total. The molecule has 1 aliphatic rings. The largest absolute Gasteiger partial charge is 0.392 e. The molecule has 0 spiro atoms. The molecule has 2 atom stereocenters. The maximum absolute atomic E-state index is 12.4. The van der Waals surface area contributed by atoms with Crippen LogP contribution in [0.3, 0.4) is 0 Å². The lowest BCUT2D eigenvalue weighted by Gasteiger charge is -2.16. The first kappa shape index (κ1) is 13.5. The highest BCUT2D eigenvalue weighted by Gasteiger charge is 2.34. The van der Waals surface area contributed by atoms with E-state index in [0.29, 0.717) is 30.5 Å². The number of aliphatic hydroxyl groups excluding tert-OH is 1. The SMILES string of the molecule is CC1CN(S(=O)(=O)c2cccc(CO)c2)CC1C. The fourth-order valence-electron chi connectivity index (χ4n) is 2.23. The molecule has 1 fully saturated rings. The Morgan fingerprint density at radius 1 is 1.28 bits per heavy atom. The average molecular weight is 269 g/mol. The van der Waals surface area contributed by atoms with Gasteiger partial charge in [0, 0.05) is 13.1 Å². The minimum atomic E-state index is -3.41. The Morgan fingerprint density at radius 2 is 1.89 bits per heavy atom. The molecule has 18 heavy (non-hydrogen) atoms. The summed E-state index contributed by atoms with van der Waals surface area (Å²) in [5, 5.41) is 9.07. The van der Waals surface area contributed by atoms with Gasteiger partial charge in [-0.05, 0) is 29.5 Å². The molecule has 1 aromatic carbocycles. The van der Waals surface area contributed by atoms with Crippen LogP contribution in [0.2, 0.25) is 0 Å². The summed E-state index contributed by atoms with van der Waals surface area (Å²) in [6, 6.07) is 6.51. The maximum atomic E-state index is 12.4. The molecule has 100 valence electrons. The highest BCUT2D eigenvalue weighted by molar-refractivity contribution is 7.89. The fourth-order valence-corrected chi connectivity index (χ4v) is 3.94. The van der Waals surface area contributed by atoms with E-state index in [1.165, 1.54) is 0 Å². The molecule has 0 aliphatic carbocycles. The third-order valence-electron chi connectivity index (χ3n) is 3.67. The Hall–Kier alpha value is -0.910. The first-order valence-corrected chi connectivity index (χ1v) is 7.59. The molecule has 2 rings (SSSR count). The van der Waals surface area contributed by atoms with Crippen LogP contribution >= 0.6 is 0 Å². The Balaban J connectivity index is 2.31. The number of benzene rings is 1. The molecule has 0 bridgehead atoms. The van der Waals surface area contributed by atoms with Crippen molar-refractivity contribution in [3.63, 3.8) is 0 Å². The van der Waals surface area contributed by atoms with Gasteiger partial charge >= 0.3 is 0 Å². The predicted octanol–water partition coefficient (Wildman–Crippen LogP) is 1.46. The molecule has 1 aliphatic heterocycles. The van der Waals surface area contributed by atoms with Crippen LogP contribution < -0.4 is 0 Å². The van der Waals surface area contributed by atoms with Gasteiger partial charge in [-0.2, -0.15) is 4.31 Å². The van der Waals surface area contributed by atoms with Gasteiger partial charge in [-0.1, -0.05) is 26.0 Å². The van der Waals surface area contributed by atoms with E-state index in [1.807, 2.05) is 0 Å². The molecule has 0 radical (unpaired) electrons. The van der Waals surface area contributed by atoms with Crippen LogP contribution in [0.1, 0.15) is 19.4 Å².